The Morgan fingerprint density at radius 1 is 1.09 bits per heavy atom. The van der Waals surface area contributed by atoms with Gasteiger partial charge in [0.2, 0.25) is 5.54 Å². The summed E-state index contributed by atoms with van der Waals surface area (Å²) in [6, 6.07) is 0. The molecule has 0 aliphatic rings. The van der Waals surface area contributed by atoms with Crippen LogP contribution in [0.15, 0.2) is 0 Å². The van der Waals surface area contributed by atoms with Crippen LogP contribution in [0.2, 0.25) is 0 Å². The van der Waals surface area contributed by atoms with E-state index in [4.69, 9.17) is 0 Å². The van der Waals surface area contributed by atoms with Crippen LogP contribution in [0.25, 0.3) is 0 Å². The van der Waals surface area contributed by atoms with Crippen LogP contribution in [-0.2, 0) is 4.74 Å². The molecule has 132 valence electrons. The molecule has 0 saturated heterocycles. The number of ether oxygens (including phenoxy) is 1. The topological polar surface area (TPSA) is 38.3 Å². The molecule has 0 aliphatic carbocycles. The molecule has 0 rings (SSSR count). The molecular formula is C13H21F6NO2. The predicted octanol–water partition coefficient (Wildman–Crippen LogP) is 4.81. The molecule has 0 bridgehead atoms. The van der Waals surface area contributed by atoms with Crippen LogP contribution >= 0.6 is 0 Å². The molecule has 9 heteroatoms. The van der Waals surface area contributed by atoms with Gasteiger partial charge in [-0.2, -0.15) is 26.3 Å². The normalized spacial score (nSPS) is 14.6. The Hall–Kier alpha value is -1.15. The maximum atomic E-state index is 12.6. The Balaban J connectivity index is 4.73. The summed E-state index contributed by atoms with van der Waals surface area (Å²) < 4.78 is 80.1. The van der Waals surface area contributed by atoms with Gasteiger partial charge >= 0.3 is 18.4 Å². The Morgan fingerprint density at radius 3 is 1.95 bits per heavy atom. The van der Waals surface area contributed by atoms with Crippen LogP contribution < -0.4 is 5.32 Å². The van der Waals surface area contributed by atoms with Crippen LogP contribution in [0.4, 0.5) is 31.1 Å². The van der Waals surface area contributed by atoms with E-state index in [-0.39, 0.29) is 19.4 Å². The zero-order chi connectivity index (χ0) is 17.6. The van der Waals surface area contributed by atoms with Crippen molar-refractivity contribution in [3.05, 3.63) is 0 Å². The van der Waals surface area contributed by atoms with Crippen LogP contribution in [0.5, 0.6) is 0 Å². The Bertz CT molecular complexity index is 339. The SMILES string of the molecule is CCCCC(CC)COC(=O)NC(C)(C(F)(F)F)C(F)(F)F. The Kier molecular flexibility index (Phi) is 7.50. The third kappa shape index (κ3) is 5.57. The minimum Gasteiger partial charge on any atom is -0.449 e. The highest BCUT2D eigenvalue weighted by molar-refractivity contribution is 5.68. The van der Waals surface area contributed by atoms with Crippen LogP contribution in [0, 0.1) is 5.92 Å². The van der Waals surface area contributed by atoms with Crippen LogP contribution in [0.3, 0.4) is 0 Å². The molecule has 0 fully saturated rings. The zero-order valence-electron chi connectivity index (χ0n) is 12.7. The summed E-state index contributed by atoms with van der Waals surface area (Å²) in [5.41, 5.74) is -4.35. The summed E-state index contributed by atoms with van der Waals surface area (Å²) in [4.78, 5) is 11.3. The average molecular weight is 337 g/mol. The molecule has 22 heavy (non-hydrogen) atoms. The van der Waals surface area contributed by atoms with E-state index in [0.717, 1.165) is 18.2 Å². The fraction of sp³-hybridized carbons (Fsp3) is 0.923. The molecule has 0 radical (unpaired) electrons. The Labute approximate surface area is 125 Å². The molecule has 1 amide bonds. The first-order valence-corrected chi connectivity index (χ1v) is 6.97. The van der Waals surface area contributed by atoms with Gasteiger partial charge in [-0.1, -0.05) is 33.1 Å². The van der Waals surface area contributed by atoms with Gasteiger partial charge in [0.25, 0.3) is 0 Å². The van der Waals surface area contributed by atoms with Crippen molar-refractivity contribution >= 4 is 6.09 Å². The van der Waals surface area contributed by atoms with Crippen LogP contribution in [-0.4, -0.2) is 30.6 Å². The van der Waals surface area contributed by atoms with E-state index in [1.54, 1.807) is 6.92 Å². The molecule has 1 N–H and O–H groups in total. The number of nitrogens with one attached hydrogen (secondary N) is 1. The maximum Gasteiger partial charge on any atom is 0.420 e. The van der Waals surface area contributed by atoms with Crippen molar-refractivity contribution in [2.75, 3.05) is 6.61 Å². The highest BCUT2D eigenvalue weighted by atomic mass is 19.4. The van der Waals surface area contributed by atoms with E-state index >= 15 is 0 Å². The molecule has 0 saturated carbocycles. The van der Waals surface area contributed by atoms with Crippen molar-refractivity contribution in [2.45, 2.75) is 64.3 Å². The zero-order valence-corrected chi connectivity index (χ0v) is 12.7. The highest BCUT2D eigenvalue weighted by Gasteiger charge is 2.69. The summed E-state index contributed by atoms with van der Waals surface area (Å²) in [5.74, 6) is -0.0891. The number of halogens is 6. The molecule has 1 atom stereocenters. The molecular weight excluding hydrogens is 316 g/mol. The van der Waals surface area contributed by atoms with Crippen molar-refractivity contribution in [3.63, 3.8) is 0 Å². The fourth-order valence-corrected chi connectivity index (χ4v) is 1.63. The average Bonchev–Trinajstić information content (AvgIpc) is 2.36. The van der Waals surface area contributed by atoms with Crippen molar-refractivity contribution in [1.29, 1.82) is 0 Å². The van der Waals surface area contributed by atoms with Gasteiger partial charge in [-0.25, -0.2) is 4.79 Å². The van der Waals surface area contributed by atoms with E-state index in [2.05, 4.69) is 4.74 Å². The van der Waals surface area contributed by atoms with Gasteiger partial charge in [-0.15, -0.1) is 0 Å². The van der Waals surface area contributed by atoms with Gasteiger partial charge in [-0.3, -0.25) is 5.32 Å². The lowest BCUT2D eigenvalue weighted by Crippen LogP contribution is -2.65. The minimum absolute atomic E-state index is 0.0891. The van der Waals surface area contributed by atoms with E-state index in [1.165, 1.54) is 0 Å². The van der Waals surface area contributed by atoms with Crippen molar-refractivity contribution in [3.8, 4) is 0 Å². The minimum atomic E-state index is -5.68. The smallest absolute Gasteiger partial charge is 0.420 e. The number of carbonyl (C=O) groups excluding carboxylic acids is 1. The quantitative estimate of drug-likeness (QED) is 0.677. The summed E-state index contributed by atoms with van der Waals surface area (Å²) in [6.07, 6.45) is -10.1. The number of alkyl carbamates (subject to hydrolysis) is 1. The second-order valence-corrected chi connectivity index (χ2v) is 5.26. The largest absolute Gasteiger partial charge is 0.449 e. The highest BCUT2D eigenvalue weighted by Crippen LogP contribution is 2.42. The second-order valence-electron chi connectivity index (χ2n) is 5.26. The first kappa shape index (κ1) is 20.9. The molecule has 0 aromatic carbocycles. The third-order valence-corrected chi connectivity index (χ3v) is 3.48. The summed E-state index contributed by atoms with van der Waals surface area (Å²) in [7, 11) is 0. The lowest BCUT2D eigenvalue weighted by Gasteiger charge is -2.34. The summed E-state index contributed by atoms with van der Waals surface area (Å²) in [5, 5.41) is 0.898. The molecule has 3 nitrogen and oxygen atoms in total. The van der Waals surface area contributed by atoms with Gasteiger partial charge in [0.05, 0.1) is 6.61 Å². The van der Waals surface area contributed by atoms with E-state index < -0.39 is 24.0 Å². The first-order valence-electron chi connectivity index (χ1n) is 6.97. The lowest BCUT2D eigenvalue weighted by molar-refractivity contribution is -0.298. The van der Waals surface area contributed by atoms with Gasteiger partial charge in [0.1, 0.15) is 0 Å². The van der Waals surface area contributed by atoms with E-state index in [0.29, 0.717) is 12.8 Å². The first-order chi connectivity index (χ1) is 9.89. The molecule has 0 aliphatic heterocycles. The van der Waals surface area contributed by atoms with Crippen LogP contribution in [0.1, 0.15) is 46.5 Å². The molecule has 0 aromatic heterocycles. The van der Waals surface area contributed by atoms with Gasteiger partial charge in [0, 0.05) is 0 Å². The predicted molar refractivity (Wildman–Crippen MR) is 68.3 cm³/mol. The lowest BCUT2D eigenvalue weighted by atomic mass is 10.0. The van der Waals surface area contributed by atoms with E-state index in [1.807, 2.05) is 6.92 Å². The maximum absolute atomic E-state index is 12.6. The Morgan fingerprint density at radius 2 is 1.59 bits per heavy atom. The molecule has 0 spiro atoms. The van der Waals surface area contributed by atoms with Gasteiger partial charge < -0.3 is 4.74 Å². The van der Waals surface area contributed by atoms with Crippen molar-refractivity contribution < 1.29 is 35.9 Å². The van der Waals surface area contributed by atoms with Gasteiger partial charge in [0.15, 0.2) is 0 Å². The number of amides is 1. The molecule has 1 unspecified atom stereocenters. The second kappa shape index (κ2) is 7.92. The van der Waals surface area contributed by atoms with E-state index in [9.17, 15) is 31.1 Å². The number of unbranched alkanes of at least 4 members (excludes halogenated alkanes) is 1. The number of hydrogen-bond acceptors (Lipinski definition) is 2. The monoisotopic (exact) mass is 337 g/mol. The number of carbonyl (C=O) groups is 1. The number of rotatable bonds is 7. The molecule has 0 heterocycles. The fourth-order valence-electron chi connectivity index (χ4n) is 1.63. The number of hydrogen-bond donors (Lipinski definition) is 1. The summed E-state index contributed by atoms with van der Waals surface area (Å²) in [6.45, 7) is 3.40. The summed E-state index contributed by atoms with van der Waals surface area (Å²) >= 11 is 0. The van der Waals surface area contributed by atoms with Crippen molar-refractivity contribution in [1.82, 2.24) is 5.32 Å². The number of alkyl halides is 6. The van der Waals surface area contributed by atoms with Gasteiger partial charge in [-0.05, 0) is 19.3 Å². The van der Waals surface area contributed by atoms with Crippen molar-refractivity contribution in [2.24, 2.45) is 5.92 Å². The standard InChI is InChI=1S/C13H21F6NO2/c1-4-6-7-9(5-2)8-22-10(21)20-11(3,12(14,15)16)13(17,18)19/h9H,4-8H2,1-3H3,(H,20,21). The molecule has 0 aromatic rings. The third-order valence-electron chi connectivity index (χ3n) is 3.48.